The molecule has 0 radical (unpaired) electrons. The van der Waals surface area contributed by atoms with E-state index in [0.29, 0.717) is 27.0 Å². The van der Waals surface area contributed by atoms with E-state index in [1.165, 1.54) is 6.92 Å². The normalized spacial score (nSPS) is 10.0. The molecule has 2 aromatic carbocycles. The van der Waals surface area contributed by atoms with E-state index in [2.05, 4.69) is 10.6 Å². The first-order chi connectivity index (χ1) is 9.95. The van der Waals surface area contributed by atoms with Crippen molar-refractivity contribution in [2.75, 3.05) is 10.6 Å². The highest BCUT2D eigenvalue weighted by atomic mass is 35.5. The van der Waals surface area contributed by atoms with Crippen molar-refractivity contribution in [3.63, 3.8) is 0 Å². The quantitative estimate of drug-likeness (QED) is 0.889. The van der Waals surface area contributed by atoms with Gasteiger partial charge in [-0.15, -0.1) is 0 Å². The molecule has 0 aliphatic carbocycles. The third-order valence-corrected chi connectivity index (χ3v) is 3.04. The minimum Gasteiger partial charge on any atom is -0.326 e. The molecule has 0 atom stereocenters. The Kier molecular flexibility index (Phi) is 4.83. The van der Waals surface area contributed by atoms with Crippen molar-refractivity contribution in [2.24, 2.45) is 0 Å². The van der Waals surface area contributed by atoms with Crippen molar-refractivity contribution in [3.8, 4) is 0 Å². The lowest BCUT2D eigenvalue weighted by Gasteiger charge is -2.10. The van der Waals surface area contributed by atoms with E-state index in [9.17, 15) is 9.59 Å². The van der Waals surface area contributed by atoms with Gasteiger partial charge < -0.3 is 10.6 Å². The topological polar surface area (TPSA) is 58.2 Å². The van der Waals surface area contributed by atoms with Crippen molar-refractivity contribution in [2.45, 2.75) is 6.92 Å². The Morgan fingerprint density at radius 3 is 2.19 bits per heavy atom. The van der Waals surface area contributed by atoms with Gasteiger partial charge in [0.2, 0.25) is 5.91 Å². The summed E-state index contributed by atoms with van der Waals surface area (Å²) in [4.78, 5) is 23.4. The number of nitrogens with one attached hydrogen (secondary N) is 2. The molecule has 0 aliphatic rings. The molecule has 2 N–H and O–H groups in total. The predicted molar refractivity (Wildman–Crippen MR) is 85.2 cm³/mol. The first-order valence-electron chi connectivity index (χ1n) is 6.10. The first-order valence-corrected chi connectivity index (χ1v) is 6.85. The van der Waals surface area contributed by atoms with Gasteiger partial charge in [0.05, 0.1) is 11.3 Å². The van der Waals surface area contributed by atoms with Crippen LogP contribution in [0.15, 0.2) is 42.5 Å². The van der Waals surface area contributed by atoms with E-state index >= 15 is 0 Å². The van der Waals surface area contributed by atoms with Crippen LogP contribution in [0.25, 0.3) is 0 Å². The molecule has 0 saturated heterocycles. The van der Waals surface area contributed by atoms with Crippen LogP contribution < -0.4 is 10.6 Å². The highest BCUT2D eigenvalue weighted by Crippen LogP contribution is 2.24. The van der Waals surface area contributed by atoms with Crippen LogP contribution in [0.1, 0.15) is 17.3 Å². The first kappa shape index (κ1) is 15.4. The van der Waals surface area contributed by atoms with E-state index < -0.39 is 0 Å². The second-order valence-corrected chi connectivity index (χ2v) is 5.21. The second kappa shape index (κ2) is 6.61. The molecule has 2 rings (SSSR count). The van der Waals surface area contributed by atoms with Crippen molar-refractivity contribution in [1.82, 2.24) is 0 Å². The Hall–Kier alpha value is -2.04. The van der Waals surface area contributed by atoms with E-state index in [-0.39, 0.29) is 11.8 Å². The summed E-state index contributed by atoms with van der Waals surface area (Å²) < 4.78 is 0. The number of anilines is 2. The fourth-order valence-electron chi connectivity index (χ4n) is 1.80. The lowest BCUT2D eigenvalue weighted by Crippen LogP contribution is -2.16. The van der Waals surface area contributed by atoms with Crippen LogP contribution in [0.3, 0.4) is 0 Å². The summed E-state index contributed by atoms with van der Waals surface area (Å²) in [6, 6.07) is 11.5. The lowest BCUT2D eigenvalue weighted by molar-refractivity contribution is -0.114. The zero-order chi connectivity index (χ0) is 15.4. The number of carbonyl (C=O) groups excluding carboxylic acids is 2. The molecule has 4 nitrogen and oxygen atoms in total. The standard InChI is InChI=1S/C15H12Cl2N2O2/c1-9(20)18-14-5-3-2-4-13(14)15(21)19-12-7-10(16)6-11(17)8-12/h2-8H,1H3,(H,18,20)(H,19,21). The average molecular weight is 323 g/mol. The molecule has 2 amide bonds. The second-order valence-electron chi connectivity index (χ2n) is 4.34. The fraction of sp³-hybridized carbons (Fsp3) is 0.0667. The van der Waals surface area contributed by atoms with Crippen molar-refractivity contribution in [1.29, 1.82) is 0 Å². The summed E-state index contributed by atoms with van der Waals surface area (Å²) in [5, 5.41) is 6.15. The number of amides is 2. The summed E-state index contributed by atoms with van der Waals surface area (Å²) >= 11 is 11.8. The molecular formula is C15H12Cl2N2O2. The number of rotatable bonds is 3. The van der Waals surface area contributed by atoms with Gasteiger partial charge in [0.1, 0.15) is 0 Å². The van der Waals surface area contributed by atoms with E-state index in [0.717, 1.165) is 0 Å². The molecule has 2 aromatic rings. The van der Waals surface area contributed by atoms with Crippen molar-refractivity contribution < 1.29 is 9.59 Å². The molecule has 0 heterocycles. The molecule has 0 unspecified atom stereocenters. The lowest BCUT2D eigenvalue weighted by atomic mass is 10.1. The molecule has 21 heavy (non-hydrogen) atoms. The zero-order valence-corrected chi connectivity index (χ0v) is 12.6. The monoisotopic (exact) mass is 322 g/mol. The number of carbonyl (C=O) groups is 2. The molecule has 0 saturated carbocycles. The van der Waals surface area contributed by atoms with Crippen LogP contribution in [-0.4, -0.2) is 11.8 Å². The Bertz CT molecular complexity index is 682. The number of hydrogen-bond acceptors (Lipinski definition) is 2. The Labute approximate surface area is 132 Å². The van der Waals surface area contributed by atoms with Gasteiger partial charge in [0.15, 0.2) is 0 Å². The molecule has 0 aromatic heterocycles. The van der Waals surface area contributed by atoms with Crippen LogP contribution in [0, 0.1) is 0 Å². The van der Waals surface area contributed by atoms with Crippen molar-refractivity contribution >= 4 is 46.4 Å². The summed E-state index contributed by atoms with van der Waals surface area (Å²) in [5.74, 6) is -0.612. The van der Waals surface area contributed by atoms with Crippen LogP contribution in [0.4, 0.5) is 11.4 Å². The summed E-state index contributed by atoms with van der Waals surface area (Å²) in [6.07, 6.45) is 0. The van der Waals surface area contributed by atoms with Gasteiger partial charge in [0.25, 0.3) is 5.91 Å². The number of para-hydroxylation sites is 1. The van der Waals surface area contributed by atoms with Gasteiger partial charge >= 0.3 is 0 Å². The third kappa shape index (κ3) is 4.21. The third-order valence-electron chi connectivity index (χ3n) is 2.60. The molecule has 108 valence electrons. The van der Waals surface area contributed by atoms with Crippen molar-refractivity contribution in [3.05, 3.63) is 58.1 Å². The molecule has 0 fully saturated rings. The van der Waals surface area contributed by atoms with E-state index in [1.807, 2.05) is 0 Å². The molecule has 6 heteroatoms. The summed E-state index contributed by atoms with van der Waals surface area (Å²) in [7, 11) is 0. The Balaban J connectivity index is 2.26. The maximum Gasteiger partial charge on any atom is 0.257 e. The number of halogens is 2. The van der Waals surface area contributed by atoms with Crippen LogP contribution in [-0.2, 0) is 4.79 Å². The largest absolute Gasteiger partial charge is 0.326 e. The minimum absolute atomic E-state index is 0.249. The average Bonchev–Trinajstić information content (AvgIpc) is 2.37. The van der Waals surface area contributed by atoms with Gasteiger partial charge in [-0.2, -0.15) is 0 Å². The Morgan fingerprint density at radius 1 is 0.952 bits per heavy atom. The van der Waals surface area contributed by atoms with Crippen LogP contribution in [0.2, 0.25) is 10.0 Å². The number of hydrogen-bond donors (Lipinski definition) is 2. The zero-order valence-electron chi connectivity index (χ0n) is 11.1. The van der Waals surface area contributed by atoms with Crippen LogP contribution >= 0.6 is 23.2 Å². The highest BCUT2D eigenvalue weighted by molar-refractivity contribution is 6.35. The maximum atomic E-state index is 12.3. The smallest absolute Gasteiger partial charge is 0.257 e. The van der Waals surface area contributed by atoms with Crippen LogP contribution in [0.5, 0.6) is 0 Å². The van der Waals surface area contributed by atoms with Gasteiger partial charge in [-0.05, 0) is 30.3 Å². The highest BCUT2D eigenvalue weighted by Gasteiger charge is 2.12. The van der Waals surface area contributed by atoms with Gasteiger partial charge in [-0.3, -0.25) is 9.59 Å². The summed E-state index contributed by atoms with van der Waals surface area (Å²) in [6.45, 7) is 1.38. The fourth-order valence-corrected chi connectivity index (χ4v) is 2.33. The van der Waals surface area contributed by atoms with E-state index in [4.69, 9.17) is 23.2 Å². The summed E-state index contributed by atoms with van der Waals surface area (Å²) in [5.41, 5.74) is 1.27. The SMILES string of the molecule is CC(=O)Nc1ccccc1C(=O)Nc1cc(Cl)cc(Cl)c1. The number of benzene rings is 2. The molecule has 0 aliphatic heterocycles. The van der Waals surface area contributed by atoms with Gasteiger partial charge in [-0.1, -0.05) is 35.3 Å². The molecule has 0 spiro atoms. The Morgan fingerprint density at radius 2 is 1.57 bits per heavy atom. The van der Waals surface area contributed by atoms with E-state index in [1.54, 1.807) is 42.5 Å². The molecule has 0 bridgehead atoms. The molecular weight excluding hydrogens is 311 g/mol. The predicted octanol–water partition coefficient (Wildman–Crippen LogP) is 4.20. The maximum absolute atomic E-state index is 12.3. The van der Waals surface area contributed by atoms with Gasteiger partial charge in [-0.25, -0.2) is 0 Å². The van der Waals surface area contributed by atoms with Gasteiger partial charge in [0, 0.05) is 22.7 Å². The minimum atomic E-state index is -0.363.